The first-order valence-electron chi connectivity index (χ1n) is 5.94. The van der Waals surface area contributed by atoms with Crippen LogP contribution in [0.1, 0.15) is 28.4 Å². The fraction of sp³-hybridized carbons (Fsp3) is 0.750. The van der Waals surface area contributed by atoms with E-state index in [0.717, 1.165) is 36.6 Å². The normalized spacial score (nSPS) is 19.9. The highest BCUT2D eigenvalue weighted by molar-refractivity contribution is 7.11. The van der Waals surface area contributed by atoms with Crippen LogP contribution in [0.2, 0.25) is 0 Å². The average molecular weight is 242 g/mol. The van der Waals surface area contributed by atoms with Crippen LogP contribution in [0.4, 0.5) is 4.39 Å². The average Bonchev–Trinajstić information content (AvgIpc) is 2.59. The summed E-state index contributed by atoms with van der Waals surface area (Å²) in [5, 5.41) is 4.23. The third-order valence-electron chi connectivity index (χ3n) is 3.34. The van der Waals surface area contributed by atoms with Gasteiger partial charge in [0.15, 0.2) is 0 Å². The van der Waals surface area contributed by atoms with Gasteiger partial charge in [-0.3, -0.25) is 0 Å². The third kappa shape index (κ3) is 2.80. The van der Waals surface area contributed by atoms with Crippen LogP contribution < -0.4 is 5.32 Å². The van der Waals surface area contributed by atoms with Crippen LogP contribution in [0.5, 0.6) is 0 Å². The molecular weight excluding hydrogens is 223 g/mol. The van der Waals surface area contributed by atoms with Gasteiger partial charge in [0.25, 0.3) is 0 Å². The highest BCUT2D eigenvalue weighted by Crippen LogP contribution is 2.25. The van der Waals surface area contributed by atoms with Crippen molar-refractivity contribution in [1.82, 2.24) is 10.3 Å². The Morgan fingerprint density at radius 1 is 1.44 bits per heavy atom. The number of halogens is 1. The Balaban J connectivity index is 1.93. The maximum atomic E-state index is 14.1. The van der Waals surface area contributed by atoms with Gasteiger partial charge in [-0.2, -0.15) is 0 Å². The fourth-order valence-corrected chi connectivity index (χ4v) is 3.14. The lowest BCUT2D eigenvalue weighted by atomic mass is 9.92. The number of aryl methyl sites for hydroxylation is 2. The Labute approximate surface area is 100 Å². The van der Waals surface area contributed by atoms with E-state index in [2.05, 4.69) is 10.3 Å². The van der Waals surface area contributed by atoms with Crippen molar-refractivity contribution in [3.8, 4) is 0 Å². The molecule has 0 radical (unpaired) electrons. The molecule has 1 fully saturated rings. The second kappa shape index (κ2) is 5.23. The Bertz CT molecular complexity index is 325. The van der Waals surface area contributed by atoms with E-state index in [1.165, 1.54) is 4.88 Å². The number of hydrogen-bond donors (Lipinski definition) is 1. The third-order valence-corrected chi connectivity index (χ3v) is 4.43. The maximum Gasteiger partial charge on any atom is 0.109 e. The van der Waals surface area contributed by atoms with Crippen molar-refractivity contribution in [1.29, 1.82) is 0 Å². The largest absolute Gasteiger partial charge is 0.317 e. The fourth-order valence-electron chi connectivity index (χ4n) is 2.17. The van der Waals surface area contributed by atoms with Gasteiger partial charge in [0, 0.05) is 11.3 Å². The molecule has 0 bridgehead atoms. The molecule has 1 saturated heterocycles. The summed E-state index contributed by atoms with van der Waals surface area (Å²) >= 11 is 1.64. The van der Waals surface area contributed by atoms with Crippen LogP contribution in [-0.4, -0.2) is 24.2 Å². The standard InChI is InChI=1S/C12H19FN2S/c1-8-9(2)16-12(15-8)7-11(13)10-3-5-14-6-4-10/h10-11,14H,3-7H2,1-2H3. The molecule has 1 aromatic rings. The molecule has 2 nitrogen and oxygen atoms in total. The molecule has 2 rings (SSSR count). The minimum absolute atomic E-state index is 0.228. The Morgan fingerprint density at radius 2 is 2.12 bits per heavy atom. The van der Waals surface area contributed by atoms with Crippen molar-refractivity contribution < 1.29 is 4.39 Å². The summed E-state index contributed by atoms with van der Waals surface area (Å²) in [7, 11) is 0. The van der Waals surface area contributed by atoms with E-state index in [4.69, 9.17) is 0 Å². The van der Waals surface area contributed by atoms with Crippen LogP contribution in [0, 0.1) is 19.8 Å². The van der Waals surface area contributed by atoms with Crippen LogP contribution in [0.15, 0.2) is 0 Å². The number of nitrogens with zero attached hydrogens (tertiary/aromatic N) is 1. The molecule has 0 amide bonds. The van der Waals surface area contributed by atoms with Gasteiger partial charge in [-0.15, -0.1) is 11.3 Å². The number of nitrogens with one attached hydrogen (secondary N) is 1. The first-order chi connectivity index (χ1) is 7.66. The molecule has 1 N–H and O–H groups in total. The van der Waals surface area contributed by atoms with E-state index in [-0.39, 0.29) is 5.92 Å². The van der Waals surface area contributed by atoms with Crippen molar-refractivity contribution in [2.24, 2.45) is 5.92 Å². The number of rotatable bonds is 3. The zero-order chi connectivity index (χ0) is 11.5. The topological polar surface area (TPSA) is 24.9 Å². The van der Waals surface area contributed by atoms with Gasteiger partial charge in [-0.25, -0.2) is 9.37 Å². The van der Waals surface area contributed by atoms with Gasteiger partial charge in [-0.05, 0) is 45.7 Å². The van der Waals surface area contributed by atoms with E-state index in [0.29, 0.717) is 6.42 Å². The Morgan fingerprint density at radius 3 is 2.69 bits per heavy atom. The molecule has 2 heterocycles. The molecule has 1 aliphatic heterocycles. The highest BCUT2D eigenvalue weighted by atomic mass is 32.1. The van der Waals surface area contributed by atoms with Crippen molar-refractivity contribution in [3.05, 3.63) is 15.6 Å². The first kappa shape index (κ1) is 12.0. The summed E-state index contributed by atoms with van der Waals surface area (Å²) in [5.41, 5.74) is 1.05. The predicted octanol–water partition coefficient (Wildman–Crippen LogP) is 2.64. The number of thiazole rings is 1. The summed E-state index contributed by atoms with van der Waals surface area (Å²) in [6.45, 7) is 5.96. The van der Waals surface area contributed by atoms with Gasteiger partial charge in [0.2, 0.25) is 0 Å². The smallest absolute Gasteiger partial charge is 0.109 e. The molecular formula is C12H19FN2S. The molecule has 1 unspecified atom stereocenters. The number of aromatic nitrogens is 1. The number of piperidine rings is 1. The van der Waals surface area contributed by atoms with Crippen LogP contribution in [0.25, 0.3) is 0 Å². The van der Waals surface area contributed by atoms with E-state index in [1.807, 2.05) is 13.8 Å². The molecule has 0 aromatic carbocycles. The monoisotopic (exact) mass is 242 g/mol. The molecule has 16 heavy (non-hydrogen) atoms. The Kier molecular flexibility index (Phi) is 3.92. The summed E-state index contributed by atoms with van der Waals surface area (Å²) in [4.78, 5) is 5.62. The molecule has 1 aromatic heterocycles. The molecule has 90 valence electrons. The van der Waals surface area contributed by atoms with Gasteiger partial charge in [-0.1, -0.05) is 0 Å². The van der Waals surface area contributed by atoms with Crippen LogP contribution in [0.3, 0.4) is 0 Å². The highest BCUT2D eigenvalue weighted by Gasteiger charge is 2.24. The quantitative estimate of drug-likeness (QED) is 0.881. The molecule has 0 saturated carbocycles. The lowest BCUT2D eigenvalue weighted by Crippen LogP contribution is -2.33. The van der Waals surface area contributed by atoms with Gasteiger partial charge >= 0.3 is 0 Å². The lowest BCUT2D eigenvalue weighted by Gasteiger charge is -2.25. The van der Waals surface area contributed by atoms with E-state index >= 15 is 0 Å². The van der Waals surface area contributed by atoms with Gasteiger partial charge in [0.05, 0.1) is 10.7 Å². The maximum absolute atomic E-state index is 14.1. The summed E-state index contributed by atoms with van der Waals surface area (Å²) < 4.78 is 14.1. The second-order valence-corrected chi connectivity index (χ2v) is 5.84. The van der Waals surface area contributed by atoms with Gasteiger partial charge in [0.1, 0.15) is 6.17 Å². The van der Waals surface area contributed by atoms with Crippen molar-refractivity contribution in [3.63, 3.8) is 0 Å². The SMILES string of the molecule is Cc1nc(CC(F)C2CCNCC2)sc1C. The molecule has 1 aliphatic rings. The summed E-state index contributed by atoms with van der Waals surface area (Å²) in [6, 6.07) is 0. The van der Waals surface area contributed by atoms with E-state index < -0.39 is 6.17 Å². The number of hydrogen-bond acceptors (Lipinski definition) is 3. The predicted molar refractivity (Wildman–Crippen MR) is 65.8 cm³/mol. The summed E-state index contributed by atoms with van der Waals surface area (Å²) in [6.07, 6.45) is 1.71. The zero-order valence-corrected chi connectivity index (χ0v) is 10.7. The Hall–Kier alpha value is -0.480. The molecule has 4 heteroatoms. The van der Waals surface area contributed by atoms with E-state index in [9.17, 15) is 4.39 Å². The minimum Gasteiger partial charge on any atom is -0.317 e. The second-order valence-electron chi connectivity index (χ2n) is 4.56. The lowest BCUT2D eigenvalue weighted by molar-refractivity contribution is 0.187. The number of alkyl halides is 1. The van der Waals surface area contributed by atoms with Crippen LogP contribution >= 0.6 is 11.3 Å². The minimum atomic E-state index is -0.716. The van der Waals surface area contributed by atoms with Crippen molar-refractivity contribution in [2.75, 3.05) is 13.1 Å². The van der Waals surface area contributed by atoms with Crippen molar-refractivity contribution >= 4 is 11.3 Å². The molecule has 0 aliphatic carbocycles. The first-order valence-corrected chi connectivity index (χ1v) is 6.76. The van der Waals surface area contributed by atoms with E-state index in [1.54, 1.807) is 11.3 Å². The summed E-state index contributed by atoms with van der Waals surface area (Å²) in [5.74, 6) is 0.228. The van der Waals surface area contributed by atoms with Gasteiger partial charge < -0.3 is 5.32 Å². The van der Waals surface area contributed by atoms with Crippen LogP contribution in [-0.2, 0) is 6.42 Å². The van der Waals surface area contributed by atoms with Crippen molar-refractivity contribution in [2.45, 2.75) is 39.3 Å². The molecule has 1 atom stereocenters. The molecule has 0 spiro atoms. The zero-order valence-electron chi connectivity index (χ0n) is 9.92.